The zero-order valence-electron chi connectivity index (χ0n) is 20.6. The van der Waals surface area contributed by atoms with Crippen LogP contribution in [0.2, 0.25) is 0 Å². The number of hydrogen-bond acceptors (Lipinski definition) is 5. The second-order valence-electron chi connectivity index (χ2n) is 8.96. The lowest BCUT2D eigenvalue weighted by Gasteiger charge is -2.38. The van der Waals surface area contributed by atoms with E-state index >= 15 is 0 Å². The van der Waals surface area contributed by atoms with Gasteiger partial charge in [0.05, 0.1) is 26.2 Å². The van der Waals surface area contributed by atoms with Crippen molar-refractivity contribution in [3.05, 3.63) is 89.0 Å². The van der Waals surface area contributed by atoms with Crippen LogP contribution in [0.4, 0.5) is 0 Å². The average molecular weight is 476 g/mol. The van der Waals surface area contributed by atoms with E-state index in [0.717, 1.165) is 35.2 Å². The zero-order valence-corrected chi connectivity index (χ0v) is 20.6. The van der Waals surface area contributed by atoms with Crippen LogP contribution in [0.25, 0.3) is 0 Å². The van der Waals surface area contributed by atoms with Gasteiger partial charge in [-0.25, -0.2) is 0 Å². The Bertz CT molecular complexity index is 1120. The number of nitrogens with zero attached hydrogens (tertiary/aromatic N) is 1. The fourth-order valence-corrected chi connectivity index (χ4v) is 4.85. The fraction of sp³-hybridized carbons (Fsp3) is 0.345. The molecule has 3 aromatic rings. The molecule has 0 aromatic heterocycles. The number of likely N-dealkylation sites (tertiary alicyclic amines) is 1. The van der Waals surface area contributed by atoms with E-state index in [9.17, 15) is 9.90 Å². The van der Waals surface area contributed by atoms with Crippen molar-refractivity contribution in [3.63, 3.8) is 0 Å². The lowest BCUT2D eigenvalue weighted by molar-refractivity contribution is -0.143. The van der Waals surface area contributed by atoms with E-state index in [1.807, 2.05) is 54.6 Å². The van der Waals surface area contributed by atoms with Gasteiger partial charge < -0.3 is 19.3 Å². The van der Waals surface area contributed by atoms with Crippen LogP contribution >= 0.6 is 0 Å². The van der Waals surface area contributed by atoms with Crippen LogP contribution in [0.15, 0.2) is 66.7 Å². The maximum atomic E-state index is 11.8. The van der Waals surface area contributed by atoms with E-state index < -0.39 is 5.97 Å². The second-order valence-corrected chi connectivity index (χ2v) is 8.96. The standard InChI is InChI=1S/C29H33NO5/c1-20-10-7-8-14-24(20)27(30-15-9-13-22(18-30)29(31)32)23-16-25(33-2)28(26(17-23)34-3)35-19-21-11-5-4-6-12-21/h4-8,10-12,14,16-17,22,27H,9,13,15,18-19H2,1-3H3,(H,31,32). The van der Waals surface area contributed by atoms with Crippen LogP contribution in [0.3, 0.4) is 0 Å². The molecule has 0 radical (unpaired) electrons. The molecule has 184 valence electrons. The van der Waals surface area contributed by atoms with Crippen LogP contribution in [0.5, 0.6) is 17.2 Å². The number of aliphatic carboxylic acids is 1. The summed E-state index contributed by atoms with van der Waals surface area (Å²) in [6.45, 7) is 3.79. The molecule has 1 saturated heterocycles. The van der Waals surface area contributed by atoms with Crippen molar-refractivity contribution in [1.82, 2.24) is 4.90 Å². The normalized spacial score (nSPS) is 16.9. The van der Waals surface area contributed by atoms with Crippen molar-refractivity contribution in [3.8, 4) is 17.2 Å². The van der Waals surface area contributed by atoms with Gasteiger partial charge in [0, 0.05) is 6.54 Å². The number of carboxylic acids is 1. The zero-order chi connectivity index (χ0) is 24.8. The summed E-state index contributed by atoms with van der Waals surface area (Å²) in [5.41, 5.74) is 4.32. The third kappa shape index (κ3) is 5.60. The molecule has 2 unspecified atom stereocenters. The maximum Gasteiger partial charge on any atom is 0.307 e. The Morgan fingerprint density at radius 3 is 2.31 bits per heavy atom. The Kier molecular flexibility index (Phi) is 7.93. The highest BCUT2D eigenvalue weighted by atomic mass is 16.5. The molecule has 2 atom stereocenters. The minimum Gasteiger partial charge on any atom is -0.493 e. The van der Waals surface area contributed by atoms with Gasteiger partial charge in [-0.1, -0.05) is 54.6 Å². The van der Waals surface area contributed by atoms with Crippen LogP contribution in [-0.2, 0) is 11.4 Å². The Balaban J connectivity index is 1.75. The third-order valence-electron chi connectivity index (χ3n) is 6.67. The van der Waals surface area contributed by atoms with Crippen LogP contribution in [0.1, 0.15) is 41.1 Å². The van der Waals surface area contributed by atoms with Gasteiger partial charge in [-0.2, -0.15) is 0 Å². The minimum atomic E-state index is -0.738. The lowest BCUT2D eigenvalue weighted by atomic mass is 9.89. The Morgan fingerprint density at radius 1 is 1.03 bits per heavy atom. The van der Waals surface area contributed by atoms with Crippen molar-refractivity contribution in [2.75, 3.05) is 27.3 Å². The molecular weight excluding hydrogens is 442 g/mol. The summed E-state index contributed by atoms with van der Waals surface area (Å²) in [6.07, 6.45) is 1.54. The average Bonchev–Trinajstić information content (AvgIpc) is 2.89. The van der Waals surface area contributed by atoms with Crippen molar-refractivity contribution >= 4 is 5.97 Å². The van der Waals surface area contributed by atoms with Crippen molar-refractivity contribution in [2.24, 2.45) is 5.92 Å². The van der Waals surface area contributed by atoms with Gasteiger partial charge in [0.1, 0.15) is 6.61 Å². The van der Waals surface area contributed by atoms with Gasteiger partial charge in [-0.3, -0.25) is 9.69 Å². The van der Waals surface area contributed by atoms with E-state index in [2.05, 4.69) is 24.0 Å². The molecule has 6 nitrogen and oxygen atoms in total. The van der Waals surface area contributed by atoms with Gasteiger partial charge in [0.15, 0.2) is 11.5 Å². The Labute approximate surface area is 207 Å². The predicted molar refractivity (Wildman–Crippen MR) is 135 cm³/mol. The molecule has 0 amide bonds. The molecule has 0 spiro atoms. The fourth-order valence-electron chi connectivity index (χ4n) is 4.85. The van der Waals surface area contributed by atoms with E-state index in [1.165, 1.54) is 0 Å². The third-order valence-corrected chi connectivity index (χ3v) is 6.67. The summed E-state index contributed by atoms with van der Waals surface area (Å²) in [5.74, 6) is 0.597. The van der Waals surface area contributed by atoms with E-state index in [0.29, 0.717) is 36.8 Å². The largest absolute Gasteiger partial charge is 0.493 e. The van der Waals surface area contributed by atoms with Crippen LogP contribution in [0, 0.1) is 12.8 Å². The number of benzene rings is 3. The highest BCUT2D eigenvalue weighted by molar-refractivity contribution is 5.70. The van der Waals surface area contributed by atoms with Gasteiger partial charge in [0.25, 0.3) is 0 Å². The molecule has 0 bridgehead atoms. The first kappa shape index (κ1) is 24.6. The molecule has 1 aliphatic heterocycles. The minimum absolute atomic E-state index is 0.135. The molecule has 0 aliphatic carbocycles. The molecule has 4 rings (SSSR count). The number of hydrogen-bond donors (Lipinski definition) is 1. The maximum absolute atomic E-state index is 11.8. The summed E-state index contributed by atoms with van der Waals surface area (Å²) in [5, 5.41) is 9.70. The molecule has 0 saturated carbocycles. The molecule has 3 aromatic carbocycles. The summed E-state index contributed by atoms with van der Waals surface area (Å²) >= 11 is 0. The Morgan fingerprint density at radius 2 is 1.69 bits per heavy atom. The van der Waals surface area contributed by atoms with Crippen molar-refractivity contribution < 1.29 is 24.1 Å². The summed E-state index contributed by atoms with van der Waals surface area (Å²) in [7, 11) is 3.25. The number of ether oxygens (including phenoxy) is 3. The molecule has 1 aliphatic rings. The van der Waals surface area contributed by atoms with E-state index in [-0.39, 0.29) is 12.0 Å². The molecule has 1 N–H and O–H groups in total. The molecular formula is C29H33NO5. The van der Waals surface area contributed by atoms with Gasteiger partial charge in [-0.05, 0) is 60.7 Å². The van der Waals surface area contributed by atoms with E-state index in [4.69, 9.17) is 14.2 Å². The number of carbonyl (C=O) groups is 1. The number of carboxylic acid groups (broad SMARTS) is 1. The monoisotopic (exact) mass is 475 g/mol. The molecule has 35 heavy (non-hydrogen) atoms. The van der Waals surface area contributed by atoms with Crippen molar-refractivity contribution in [1.29, 1.82) is 0 Å². The highest BCUT2D eigenvalue weighted by Gasteiger charge is 2.33. The smallest absolute Gasteiger partial charge is 0.307 e. The van der Waals surface area contributed by atoms with E-state index in [1.54, 1.807) is 14.2 Å². The summed E-state index contributed by atoms with van der Waals surface area (Å²) < 4.78 is 17.7. The number of aryl methyl sites for hydroxylation is 1. The topological polar surface area (TPSA) is 68.2 Å². The summed E-state index contributed by atoms with van der Waals surface area (Å²) in [4.78, 5) is 14.1. The number of methoxy groups -OCH3 is 2. The number of rotatable bonds is 9. The van der Waals surface area contributed by atoms with Gasteiger partial charge in [-0.15, -0.1) is 0 Å². The van der Waals surface area contributed by atoms with Crippen LogP contribution in [-0.4, -0.2) is 43.3 Å². The predicted octanol–water partition coefficient (Wildman–Crippen LogP) is 5.48. The van der Waals surface area contributed by atoms with Gasteiger partial charge >= 0.3 is 5.97 Å². The summed E-state index contributed by atoms with van der Waals surface area (Å²) in [6, 6.07) is 22.1. The molecule has 1 heterocycles. The van der Waals surface area contributed by atoms with Gasteiger partial charge in [0.2, 0.25) is 5.75 Å². The highest BCUT2D eigenvalue weighted by Crippen LogP contribution is 2.44. The first-order valence-corrected chi connectivity index (χ1v) is 12.0. The first-order valence-electron chi connectivity index (χ1n) is 12.0. The molecule has 6 heteroatoms. The number of piperidine rings is 1. The van der Waals surface area contributed by atoms with Crippen molar-refractivity contribution in [2.45, 2.75) is 32.4 Å². The first-order chi connectivity index (χ1) is 17.0. The Hall–Kier alpha value is -3.51. The molecule has 1 fully saturated rings. The quantitative estimate of drug-likeness (QED) is 0.442. The van der Waals surface area contributed by atoms with Crippen LogP contribution < -0.4 is 14.2 Å². The SMILES string of the molecule is COc1cc(C(c2ccccc2C)N2CCCC(C(=O)O)C2)cc(OC)c1OCc1ccccc1. The second kappa shape index (κ2) is 11.3. The lowest BCUT2D eigenvalue weighted by Crippen LogP contribution is -2.41.